The molecule has 0 radical (unpaired) electrons. The molecule has 0 amide bonds. The van der Waals surface area contributed by atoms with E-state index in [2.05, 4.69) is 49.5 Å². The van der Waals surface area contributed by atoms with Crippen LogP contribution in [0.25, 0.3) is 0 Å². The van der Waals surface area contributed by atoms with Gasteiger partial charge in [0.25, 0.3) is 0 Å². The number of nitrogens with one attached hydrogen (secondary N) is 1. The van der Waals surface area contributed by atoms with Crippen molar-refractivity contribution in [2.75, 3.05) is 6.54 Å². The lowest BCUT2D eigenvalue weighted by molar-refractivity contribution is 0.242. The van der Waals surface area contributed by atoms with Crippen LogP contribution in [0.5, 0.6) is 0 Å². The Hall–Kier alpha value is -0.860. The van der Waals surface area contributed by atoms with Crippen molar-refractivity contribution < 1.29 is 0 Å². The van der Waals surface area contributed by atoms with Crippen molar-refractivity contribution in [1.82, 2.24) is 5.32 Å². The summed E-state index contributed by atoms with van der Waals surface area (Å²) in [6, 6.07) is 11.4. The van der Waals surface area contributed by atoms with Crippen LogP contribution in [0.4, 0.5) is 0 Å². The lowest BCUT2D eigenvalue weighted by Gasteiger charge is -2.37. The summed E-state index contributed by atoms with van der Waals surface area (Å²) in [7, 11) is 0. The van der Waals surface area contributed by atoms with Crippen LogP contribution in [0.15, 0.2) is 30.3 Å². The van der Waals surface area contributed by atoms with Gasteiger partial charge in [0.1, 0.15) is 0 Å². The quantitative estimate of drug-likeness (QED) is 0.840. The Kier molecular flexibility index (Phi) is 7.98. The fourth-order valence-electron chi connectivity index (χ4n) is 2.99. The summed E-state index contributed by atoms with van der Waals surface area (Å²) in [5.74, 6) is 0.580. The van der Waals surface area contributed by atoms with Gasteiger partial charge in [-0.1, -0.05) is 58.0 Å². The van der Waals surface area contributed by atoms with E-state index in [0.29, 0.717) is 12.0 Å². The summed E-state index contributed by atoms with van der Waals surface area (Å²) in [5.41, 5.74) is 7.88. The second-order valence-corrected chi connectivity index (χ2v) is 6.21. The van der Waals surface area contributed by atoms with Crippen molar-refractivity contribution in [3.8, 4) is 0 Å². The molecule has 1 aliphatic carbocycles. The third-order valence-corrected chi connectivity index (χ3v) is 4.77. The highest BCUT2D eigenvalue weighted by atomic mass is 14.9. The van der Waals surface area contributed by atoms with Gasteiger partial charge in [0, 0.05) is 18.1 Å². The maximum Gasteiger partial charge on any atom is 0.0152 e. The molecule has 1 unspecified atom stereocenters. The Labute approximate surface area is 131 Å². The second kappa shape index (κ2) is 9.22. The first kappa shape index (κ1) is 18.2. The molecule has 1 saturated carbocycles. The van der Waals surface area contributed by atoms with Gasteiger partial charge in [-0.05, 0) is 43.6 Å². The van der Waals surface area contributed by atoms with Crippen LogP contribution >= 0.6 is 0 Å². The van der Waals surface area contributed by atoms with Crippen LogP contribution in [0.2, 0.25) is 0 Å². The van der Waals surface area contributed by atoms with Crippen molar-refractivity contribution in [2.24, 2.45) is 5.73 Å². The van der Waals surface area contributed by atoms with Gasteiger partial charge in [-0.2, -0.15) is 0 Å². The minimum atomic E-state index is 0.114. The summed E-state index contributed by atoms with van der Waals surface area (Å²) in [6.45, 7) is 9.58. The molecular formula is C19H34N2. The molecule has 0 heterocycles. The van der Waals surface area contributed by atoms with Crippen LogP contribution < -0.4 is 11.1 Å². The maximum absolute atomic E-state index is 6.34. The third kappa shape index (κ3) is 5.80. The first-order valence-corrected chi connectivity index (χ1v) is 8.70. The molecule has 0 bridgehead atoms. The minimum absolute atomic E-state index is 0.114. The molecule has 0 aliphatic heterocycles. The zero-order valence-electron chi connectivity index (χ0n) is 14.4. The molecule has 2 heteroatoms. The van der Waals surface area contributed by atoms with Gasteiger partial charge in [0.2, 0.25) is 0 Å². The van der Waals surface area contributed by atoms with Gasteiger partial charge >= 0.3 is 0 Å². The molecule has 0 aromatic heterocycles. The van der Waals surface area contributed by atoms with Crippen LogP contribution in [-0.4, -0.2) is 18.1 Å². The Morgan fingerprint density at radius 3 is 2.29 bits per heavy atom. The zero-order valence-corrected chi connectivity index (χ0v) is 14.4. The number of nitrogens with two attached hydrogens (primary N) is 1. The van der Waals surface area contributed by atoms with Gasteiger partial charge in [0.05, 0.1) is 0 Å². The first-order chi connectivity index (χ1) is 10.1. The van der Waals surface area contributed by atoms with Crippen molar-refractivity contribution >= 4 is 0 Å². The van der Waals surface area contributed by atoms with E-state index in [4.69, 9.17) is 5.73 Å². The fourth-order valence-corrected chi connectivity index (χ4v) is 2.99. The zero-order chi connectivity index (χ0) is 15.7. The molecule has 1 aliphatic rings. The van der Waals surface area contributed by atoms with Gasteiger partial charge in [-0.25, -0.2) is 0 Å². The van der Waals surface area contributed by atoms with E-state index in [1.165, 1.54) is 31.2 Å². The Morgan fingerprint density at radius 2 is 1.76 bits per heavy atom. The normalized spacial score (nSPS) is 26.6. The Balaban J connectivity index is 0.00000106. The molecule has 1 atom stereocenters. The van der Waals surface area contributed by atoms with Crippen LogP contribution in [-0.2, 0) is 0 Å². The first-order valence-electron chi connectivity index (χ1n) is 8.70. The van der Waals surface area contributed by atoms with Crippen LogP contribution in [0.1, 0.15) is 71.3 Å². The average molecular weight is 290 g/mol. The van der Waals surface area contributed by atoms with Crippen LogP contribution in [0.3, 0.4) is 0 Å². The topological polar surface area (TPSA) is 38.0 Å². The number of hydrogen-bond donors (Lipinski definition) is 2. The van der Waals surface area contributed by atoms with E-state index in [-0.39, 0.29) is 5.54 Å². The van der Waals surface area contributed by atoms with E-state index in [9.17, 15) is 0 Å². The lowest BCUT2D eigenvalue weighted by Crippen LogP contribution is -2.47. The molecule has 1 aromatic rings. The number of hydrogen-bond acceptors (Lipinski definition) is 2. The molecule has 0 saturated heterocycles. The van der Waals surface area contributed by atoms with Crippen molar-refractivity contribution in [2.45, 2.75) is 77.3 Å². The highest BCUT2D eigenvalue weighted by molar-refractivity contribution is 5.19. The van der Waals surface area contributed by atoms with Gasteiger partial charge in [-0.15, -0.1) is 0 Å². The monoisotopic (exact) mass is 290 g/mol. The van der Waals surface area contributed by atoms with E-state index < -0.39 is 0 Å². The Bertz CT molecular complexity index is 366. The summed E-state index contributed by atoms with van der Waals surface area (Å²) in [4.78, 5) is 0. The lowest BCUT2D eigenvalue weighted by atomic mass is 9.78. The van der Waals surface area contributed by atoms with E-state index in [0.717, 1.165) is 13.0 Å². The molecule has 21 heavy (non-hydrogen) atoms. The SMILES string of the molecule is CC.CCC1(N)CCC(NCC(C)c2ccccc2)CC1. The summed E-state index contributed by atoms with van der Waals surface area (Å²) in [5, 5.41) is 3.73. The predicted molar refractivity (Wildman–Crippen MR) is 93.7 cm³/mol. The summed E-state index contributed by atoms with van der Waals surface area (Å²) in [6.07, 6.45) is 5.90. The highest BCUT2D eigenvalue weighted by Crippen LogP contribution is 2.29. The third-order valence-electron chi connectivity index (χ3n) is 4.77. The molecule has 1 fully saturated rings. The molecule has 2 nitrogen and oxygen atoms in total. The highest BCUT2D eigenvalue weighted by Gasteiger charge is 2.29. The van der Waals surface area contributed by atoms with E-state index >= 15 is 0 Å². The average Bonchev–Trinajstić information content (AvgIpc) is 2.57. The number of benzene rings is 1. The minimum Gasteiger partial charge on any atom is -0.325 e. The summed E-state index contributed by atoms with van der Waals surface area (Å²) < 4.78 is 0. The summed E-state index contributed by atoms with van der Waals surface area (Å²) >= 11 is 0. The molecule has 120 valence electrons. The number of rotatable bonds is 5. The van der Waals surface area contributed by atoms with Crippen LogP contribution in [0, 0.1) is 0 Å². The van der Waals surface area contributed by atoms with Gasteiger partial charge < -0.3 is 11.1 Å². The van der Waals surface area contributed by atoms with Crippen molar-refractivity contribution in [3.05, 3.63) is 35.9 Å². The molecule has 3 N–H and O–H groups in total. The molecule has 1 aromatic carbocycles. The van der Waals surface area contributed by atoms with Gasteiger partial charge in [0.15, 0.2) is 0 Å². The predicted octanol–water partition coefficient (Wildman–Crippen LogP) is 4.46. The maximum atomic E-state index is 6.34. The van der Waals surface area contributed by atoms with Crippen molar-refractivity contribution in [1.29, 1.82) is 0 Å². The van der Waals surface area contributed by atoms with E-state index in [1.54, 1.807) is 0 Å². The standard InChI is InChI=1S/C17H28N2.C2H6/c1-3-17(18)11-9-16(10-12-17)19-13-14(2)15-7-5-4-6-8-15;1-2/h4-8,14,16,19H,3,9-13,18H2,1-2H3;1-2H3. The smallest absolute Gasteiger partial charge is 0.0152 e. The Morgan fingerprint density at radius 1 is 1.19 bits per heavy atom. The molecule has 0 spiro atoms. The largest absolute Gasteiger partial charge is 0.325 e. The van der Waals surface area contributed by atoms with E-state index in [1.807, 2.05) is 13.8 Å². The fraction of sp³-hybridized carbons (Fsp3) is 0.684. The second-order valence-electron chi connectivity index (χ2n) is 6.21. The molecular weight excluding hydrogens is 256 g/mol. The van der Waals surface area contributed by atoms with Crippen molar-refractivity contribution in [3.63, 3.8) is 0 Å². The molecule has 2 rings (SSSR count). The van der Waals surface area contributed by atoms with Gasteiger partial charge in [-0.3, -0.25) is 0 Å².